The summed E-state index contributed by atoms with van der Waals surface area (Å²) in [6.07, 6.45) is 3.55. The molecule has 0 bridgehead atoms. The van der Waals surface area contributed by atoms with Crippen LogP contribution in [0.25, 0.3) is 17.0 Å². The van der Waals surface area contributed by atoms with Gasteiger partial charge in [0, 0.05) is 81.1 Å². The van der Waals surface area contributed by atoms with Gasteiger partial charge in [-0.2, -0.15) is 0 Å². The van der Waals surface area contributed by atoms with Gasteiger partial charge in [0.05, 0.1) is 5.52 Å². The van der Waals surface area contributed by atoms with Crippen molar-refractivity contribution in [3.05, 3.63) is 107 Å². The molecule has 0 spiro atoms. The lowest BCUT2D eigenvalue weighted by Gasteiger charge is -2.36. The second kappa shape index (κ2) is 12.4. The number of anilines is 2. The third kappa shape index (κ3) is 6.35. The van der Waals surface area contributed by atoms with E-state index in [1.54, 1.807) is 12.1 Å². The zero-order valence-electron chi connectivity index (χ0n) is 23.8. The summed E-state index contributed by atoms with van der Waals surface area (Å²) in [5.41, 5.74) is 4.38. The van der Waals surface area contributed by atoms with Crippen molar-refractivity contribution in [3.8, 4) is 0 Å². The highest BCUT2D eigenvalue weighted by atomic mass is 19.2. The van der Waals surface area contributed by atoms with Gasteiger partial charge in [0.2, 0.25) is 0 Å². The maximum atomic E-state index is 13.6. The monoisotopic (exact) mass is 567 g/mol. The Labute approximate surface area is 245 Å². The zero-order chi connectivity index (χ0) is 29.1. The van der Waals surface area contributed by atoms with Gasteiger partial charge in [0.15, 0.2) is 17.4 Å². The Hall–Kier alpha value is -4.14. The number of piperazine rings is 2. The van der Waals surface area contributed by atoms with E-state index in [4.69, 9.17) is 4.98 Å². The minimum Gasteiger partial charge on any atom is -0.369 e. The largest absolute Gasteiger partial charge is 0.369 e. The Morgan fingerprint density at radius 1 is 0.810 bits per heavy atom. The van der Waals surface area contributed by atoms with Crippen LogP contribution in [0.5, 0.6) is 0 Å². The highest BCUT2D eigenvalue weighted by Crippen LogP contribution is 2.26. The molecular weight excluding hydrogens is 532 g/mol. The average molecular weight is 568 g/mol. The van der Waals surface area contributed by atoms with Gasteiger partial charge in [-0.3, -0.25) is 9.69 Å². The Morgan fingerprint density at radius 3 is 2.26 bits per heavy atom. The fraction of sp³-hybridized carbons (Fsp3) is 0.294. The van der Waals surface area contributed by atoms with Crippen LogP contribution in [0.1, 0.15) is 21.5 Å². The van der Waals surface area contributed by atoms with Gasteiger partial charge >= 0.3 is 0 Å². The Morgan fingerprint density at radius 2 is 1.52 bits per heavy atom. The van der Waals surface area contributed by atoms with E-state index in [9.17, 15) is 13.6 Å². The van der Waals surface area contributed by atoms with Crippen LogP contribution in [0.2, 0.25) is 0 Å². The first-order chi connectivity index (χ1) is 20.4. The van der Waals surface area contributed by atoms with Gasteiger partial charge in [0.25, 0.3) is 0 Å². The van der Waals surface area contributed by atoms with Crippen LogP contribution in [0.3, 0.4) is 0 Å². The van der Waals surface area contributed by atoms with Crippen molar-refractivity contribution in [1.82, 2.24) is 14.8 Å². The minimum atomic E-state index is -0.818. The predicted molar refractivity (Wildman–Crippen MR) is 165 cm³/mol. The molecule has 0 N–H and O–H groups in total. The molecule has 0 atom stereocenters. The number of carbonyl (C=O) groups is 1. The van der Waals surface area contributed by atoms with Crippen molar-refractivity contribution in [1.29, 1.82) is 0 Å². The fourth-order valence-electron chi connectivity index (χ4n) is 5.67. The highest BCUT2D eigenvalue weighted by molar-refractivity contribution is 6.07. The summed E-state index contributed by atoms with van der Waals surface area (Å²) in [5.74, 6) is -0.748. The van der Waals surface area contributed by atoms with Crippen LogP contribution in [-0.4, -0.2) is 80.0 Å². The van der Waals surface area contributed by atoms with E-state index >= 15 is 0 Å². The number of aromatic nitrogens is 1. The number of hydrogen-bond acceptors (Lipinski definition) is 6. The normalized spacial score (nSPS) is 16.9. The van der Waals surface area contributed by atoms with E-state index in [1.165, 1.54) is 12.1 Å². The van der Waals surface area contributed by atoms with Crippen molar-refractivity contribution in [3.63, 3.8) is 0 Å². The summed E-state index contributed by atoms with van der Waals surface area (Å²) in [6, 6.07) is 22.1. The molecule has 0 unspecified atom stereocenters. The molecular formula is C34H35F2N5O. The number of pyridine rings is 1. The van der Waals surface area contributed by atoms with Crippen LogP contribution in [0.4, 0.5) is 20.3 Å². The maximum absolute atomic E-state index is 13.6. The Kier molecular flexibility index (Phi) is 8.26. The average Bonchev–Trinajstić information content (AvgIpc) is 3.02. The van der Waals surface area contributed by atoms with Crippen LogP contribution in [0, 0.1) is 11.6 Å². The number of hydrogen-bond donors (Lipinski definition) is 0. The molecule has 42 heavy (non-hydrogen) atoms. The molecule has 4 aromatic rings. The SMILES string of the molecule is CN1CCN(c2nc3ccccc3cc2/C=C/C(=O)c2ccc(N3CCN(Cc4ccc(F)c(F)c4)CC3)cc2)CC1. The third-order valence-corrected chi connectivity index (χ3v) is 8.23. The number of fused-ring (bicyclic) bond motifs is 1. The number of halogens is 2. The van der Waals surface area contributed by atoms with Crippen LogP contribution < -0.4 is 9.80 Å². The maximum Gasteiger partial charge on any atom is 0.185 e. The molecule has 2 aliphatic heterocycles. The van der Waals surface area contributed by atoms with Crippen molar-refractivity contribution < 1.29 is 13.6 Å². The molecule has 2 fully saturated rings. The number of carbonyl (C=O) groups excluding carboxylic acids is 1. The molecule has 2 aliphatic rings. The Balaban J connectivity index is 1.10. The van der Waals surface area contributed by atoms with Crippen LogP contribution in [0.15, 0.2) is 78.9 Å². The third-order valence-electron chi connectivity index (χ3n) is 8.23. The minimum absolute atomic E-state index is 0.0459. The molecule has 1 aromatic heterocycles. The van der Waals surface area contributed by atoms with Crippen molar-refractivity contribution >= 4 is 34.3 Å². The van der Waals surface area contributed by atoms with Gasteiger partial charge in [-0.15, -0.1) is 0 Å². The summed E-state index contributed by atoms with van der Waals surface area (Å²) in [5, 5.41) is 1.05. The van der Waals surface area contributed by atoms with Gasteiger partial charge in [0.1, 0.15) is 5.82 Å². The number of benzene rings is 3. The molecule has 0 radical (unpaired) electrons. The number of rotatable bonds is 7. The van der Waals surface area contributed by atoms with Crippen molar-refractivity contribution in [2.75, 3.05) is 69.2 Å². The zero-order valence-corrected chi connectivity index (χ0v) is 23.8. The molecule has 0 aliphatic carbocycles. The molecule has 8 heteroatoms. The predicted octanol–water partition coefficient (Wildman–Crippen LogP) is 5.48. The molecule has 0 amide bonds. The van der Waals surface area contributed by atoms with E-state index in [1.807, 2.05) is 48.5 Å². The molecule has 0 saturated carbocycles. The molecule has 3 heterocycles. The van der Waals surface area contributed by atoms with Gasteiger partial charge in [-0.25, -0.2) is 13.8 Å². The van der Waals surface area contributed by atoms with E-state index in [0.29, 0.717) is 12.1 Å². The quantitative estimate of drug-likeness (QED) is 0.218. The first-order valence-corrected chi connectivity index (χ1v) is 14.5. The Bertz CT molecular complexity index is 1590. The van der Waals surface area contributed by atoms with Crippen LogP contribution >= 0.6 is 0 Å². The smallest absolute Gasteiger partial charge is 0.185 e. The summed E-state index contributed by atoms with van der Waals surface area (Å²) >= 11 is 0. The lowest BCUT2D eigenvalue weighted by Crippen LogP contribution is -2.46. The highest BCUT2D eigenvalue weighted by Gasteiger charge is 2.20. The molecule has 2 saturated heterocycles. The summed E-state index contributed by atoms with van der Waals surface area (Å²) < 4.78 is 26.8. The van der Waals surface area contributed by atoms with Crippen molar-refractivity contribution in [2.45, 2.75) is 6.54 Å². The first-order valence-electron chi connectivity index (χ1n) is 14.5. The summed E-state index contributed by atoms with van der Waals surface area (Å²) in [4.78, 5) is 27.3. The summed E-state index contributed by atoms with van der Waals surface area (Å²) in [6.45, 7) is 7.62. The molecule has 6 rings (SSSR count). The first kappa shape index (κ1) is 28.0. The number of para-hydroxylation sites is 1. The van der Waals surface area contributed by atoms with Crippen molar-refractivity contribution in [2.24, 2.45) is 0 Å². The van der Waals surface area contributed by atoms with E-state index < -0.39 is 11.6 Å². The number of likely N-dealkylation sites (N-methyl/N-ethyl adjacent to an activating group) is 1. The standard InChI is InChI=1S/C34H35F2N5O/c1-38-14-18-41(19-15-38)34-28(23-27-4-2-3-5-32(27)37-34)9-13-33(42)26-7-10-29(11-8-26)40-20-16-39(17-21-40)24-25-6-12-30(35)31(36)22-25/h2-13,22-23H,14-21,24H2,1H3/b13-9+. The fourth-order valence-corrected chi connectivity index (χ4v) is 5.67. The summed E-state index contributed by atoms with van der Waals surface area (Å²) in [7, 11) is 2.13. The topological polar surface area (TPSA) is 42.9 Å². The van der Waals surface area contributed by atoms with Gasteiger partial charge in [-0.05, 0) is 73.3 Å². The lowest BCUT2D eigenvalue weighted by atomic mass is 10.1. The second-order valence-corrected chi connectivity index (χ2v) is 11.1. The number of nitrogens with zero attached hydrogens (tertiary/aromatic N) is 5. The van der Waals surface area contributed by atoms with Crippen LogP contribution in [-0.2, 0) is 6.54 Å². The van der Waals surface area contributed by atoms with E-state index in [-0.39, 0.29) is 5.78 Å². The van der Waals surface area contributed by atoms with Gasteiger partial charge < -0.3 is 14.7 Å². The van der Waals surface area contributed by atoms with E-state index in [2.05, 4.69) is 38.8 Å². The van der Waals surface area contributed by atoms with E-state index in [0.717, 1.165) is 85.9 Å². The number of allylic oxidation sites excluding steroid dienone is 1. The lowest BCUT2D eigenvalue weighted by molar-refractivity contribution is 0.104. The molecule has 3 aromatic carbocycles. The molecule has 216 valence electrons. The van der Waals surface area contributed by atoms with Gasteiger partial charge in [-0.1, -0.05) is 24.3 Å². The number of ketones is 1. The molecule has 6 nitrogen and oxygen atoms in total. The second-order valence-electron chi connectivity index (χ2n) is 11.1.